The van der Waals surface area contributed by atoms with E-state index in [9.17, 15) is 8.78 Å². The lowest BCUT2D eigenvalue weighted by Gasteiger charge is -2.32. The van der Waals surface area contributed by atoms with Crippen LogP contribution in [-0.2, 0) is 0 Å². The van der Waals surface area contributed by atoms with E-state index in [2.05, 4.69) is 5.32 Å². The van der Waals surface area contributed by atoms with Gasteiger partial charge in [-0.25, -0.2) is 8.78 Å². The Balaban J connectivity index is 0.000000720. The molecule has 0 bridgehead atoms. The quantitative estimate of drug-likeness (QED) is 0.627. The molecule has 0 aromatic carbocycles. The summed E-state index contributed by atoms with van der Waals surface area (Å²) >= 11 is 0. The molecule has 0 radical (unpaired) electrons. The van der Waals surface area contributed by atoms with Crippen molar-refractivity contribution in [2.45, 2.75) is 25.2 Å². The van der Waals surface area contributed by atoms with E-state index in [0.29, 0.717) is 13.0 Å². The van der Waals surface area contributed by atoms with Crippen LogP contribution in [0.15, 0.2) is 0 Å². The molecular formula is C8H14ClF2N. The molecule has 2 atom stereocenters. The van der Waals surface area contributed by atoms with Crippen LogP contribution in [0.3, 0.4) is 0 Å². The monoisotopic (exact) mass is 197 g/mol. The van der Waals surface area contributed by atoms with E-state index < -0.39 is 5.92 Å². The fourth-order valence-electron chi connectivity index (χ4n) is 2.32. The lowest BCUT2D eigenvalue weighted by atomic mass is 9.79. The third kappa shape index (κ3) is 1.57. The number of rotatable bonds is 0. The largest absolute Gasteiger partial charge is 0.316 e. The fraction of sp³-hybridized carbons (Fsp3) is 1.00. The molecule has 1 saturated carbocycles. The Labute approximate surface area is 77.3 Å². The average molecular weight is 198 g/mol. The van der Waals surface area contributed by atoms with Crippen molar-refractivity contribution in [1.82, 2.24) is 5.32 Å². The van der Waals surface area contributed by atoms with Crippen molar-refractivity contribution in [2.75, 3.05) is 13.1 Å². The third-order valence-corrected chi connectivity index (χ3v) is 2.97. The minimum atomic E-state index is -2.38. The van der Waals surface area contributed by atoms with Crippen molar-refractivity contribution >= 4 is 12.4 Å². The molecule has 1 aliphatic carbocycles. The highest BCUT2D eigenvalue weighted by Crippen LogP contribution is 2.43. The molecule has 1 heterocycles. The number of nitrogens with one attached hydrogen (secondary N) is 1. The van der Waals surface area contributed by atoms with Gasteiger partial charge >= 0.3 is 0 Å². The Morgan fingerprint density at radius 3 is 2.67 bits per heavy atom. The average Bonchev–Trinajstić information content (AvgIpc) is 2.34. The zero-order valence-electron chi connectivity index (χ0n) is 6.85. The Morgan fingerprint density at radius 1 is 1.25 bits per heavy atom. The summed E-state index contributed by atoms with van der Waals surface area (Å²) < 4.78 is 26.2. The number of fused-ring (bicyclic) bond motifs is 1. The van der Waals surface area contributed by atoms with Crippen LogP contribution in [0.1, 0.15) is 19.3 Å². The maximum Gasteiger partial charge on any atom is 0.252 e. The molecule has 2 fully saturated rings. The first kappa shape index (κ1) is 10.2. The predicted molar refractivity (Wildman–Crippen MR) is 45.9 cm³/mol. The van der Waals surface area contributed by atoms with Crippen molar-refractivity contribution in [2.24, 2.45) is 11.8 Å². The lowest BCUT2D eigenvalue weighted by Crippen LogP contribution is -2.37. The second-order valence-corrected chi connectivity index (χ2v) is 3.68. The highest BCUT2D eigenvalue weighted by molar-refractivity contribution is 5.85. The van der Waals surface area contributed by atoms with Gasteiger partial charge in [0.15, 0.2) is 0 Å². The van der Waals surface area contributed by atoms with Gasteiger partial charge in [0.1, 0.15) is 0 Å². The first-order chi connectivity index (χ1) is 5.20. The van der Waals surface area contributed by atoms with Crippen LogP contribution in [0, 0.1) is 11.8 Å². The van der Waals surface area contributed by atoms with E-state index in [1.54, 1.807) is 0 Å². The molecule has 72 valence electrons. The summed E-state index contributed by atoms with van der Waals surface area (Å²) in [6.45, 7) is 1.33. The Hall–Kier alpha value is 0.110. The molecule has 2 aliphatic rings. The van der Waals surface area contributed by atoms with Gasteiger partial charge in [-0.05, 0) is 25.3 Å². The van der Waals surface area contributed by atoms with Gasteiger partial charge in [-0.2, -0.15) is 0 Å². The van der Waals surface area contributed by atoms with Gasteiger partial charge in [0.25, 0.3) is 5.92 Å². The second-order valence-electron chi connectivity index (χ2n) is 3.68. The van der Waals surface area contributed by atoms with Crippen molar-refractivity contribution < 1.29 is 8.78 Å². The number of halogens is 3. The van der Waals surface area contributed by atoms with Crippen LogP contribution in [-0.4, -0.2) is 19.0 Å². The first-order valence-corrected chi connectivity index (χ1v) is 4.29. The van der Waals surface area contributed by atoms with Gasteiger partial charge in [-0.15, -0.1) is 12.4 Å². The summed E-state index contributed by atoms with van der Waals surface area (Å²) in [5, 5.41) is 3.04. The number of hydrogen-bond acceptors (Lipinski definition) is 1. The molecular weight excluding hydrogens is 184 g/mol. The van der Waals surface area contributed by atoms with Gasteiger partial charge in [0.05, 0.1) is 0 Å². The summed E-state index contributed by atoms with van der Waals surface area (Å²) in [5.41, 5.74) is 0. The van der Waals surface area contributed by atoms with Gasteiger partial charge < -0.3 is 5.32 Å². The SMILES string of the molecule is Cl.FC1(F)CCC[C@@H]2CNC[C@@H]21. The van der Waals surface area contributed by atoms with E-state index in [-0.39, 0.29) is 30.7 Å². The highest BCUT2D eigenvalue weighted by Gasteiger charge is 2.48. The van der Waals surface area contributed by atoms with Crippen LogP contribution >= 0.6 is 12.4 Å². The van der Waals surface area contributed by atoms with Gasteiger partial charge in [-0.1, -0.05) is 0 Å². The minimum absolute atomic E-state index is 0. The molecule has 4 heteroatoms. The first-order valence-electron chi connectivity index (χ1n) is 4.29. The van der Waals surface area contributed by atoms with Crippen LogP contribution in [0.5, 0.6) is 0 Å². The van der Waals surface area contributed by atoms with E-state index in [0.717, 1.165) is 13.0 Å². The molecule has 12 heavy (non-hydrogen) atoms. The third-order valence-electron chi connectivity index (χ3n) is 2.97. The predicted octanol–water partition coefficient (Wildman–Crippen LogP) is 2.06. The number of hydrogen-bond donors (Lipinski definition) is 1. The molecule has 1 N–H and O–H groups in total. The normalized spacial score (nSPS) is 38.5. The van der Waals surface area contributed by atoms with Crippen molar-refractivity contribution in [1.29, 1.82) is 0 Å². The summed E-state index contributed by atoms with van der Waals surface area (Å²) in [5.74, 6) is -2.50. The van der Waals surface area contributed by atoms with E-state index >= 15 is 0 Å². The molecule has 0 amide bonds. The highest BCUT2D eigenvalue weighted by atomic mass is 35.5. The maximum atomic E-state index is 13.1. The smallest absolute Gasteiger partial charge is 0.252 e. The van der Waals surface area contributed by atoms with Crippen LogP contribution in [0.2, 0.25) is 0 Å². The summed E-state index contributed by atoms with van der Waals surface area (Å²) in [7, 11) is 0. The van der Waals surface area contributed by atoms with Gasteiger partial charge in [0.2, 0.25) is 0 Å². The molecule has 1 nitrogen and oxygen atoms in total. The molecule has 0 unspecified atom stereocenters. The van der Waals surface area contributed by atoms with E-state index in [4.69, 9.17) is 0 Å². The van der Waals surface area contributed by atoms with Crippen molar-refractivity contribution in [3.63, 3.8) is 0 Å². The van der Waals surface area contributed by atoms with Crippen LogP contribution in [0.25, 0.3) is 0 Å². The standard InChI is InChI=1S/C8H13F2N.ClH/c9-8(10)3-1-2-6-4-11-5-7(6)8;/h6-7,11H,1-5H2;1H/t6-,7+;/m1./s1. The topological polar surface area (TPSA) is 12.0 Å². The minimum Gasteiger partial charge on any atom is -0.316 e. The van der Waals surface area contributed by atoms with E-state index in [1.165, 1.54) is 0 Å². The Kier molecular flexibility index (Phi) is 2.94. The van der Waals surface area contributed by atoms with E-state index in [1.807, 2.05) is 0 Å². The second kappa shape index (κ2) is 3.46. The molecule has 0 aromatic rings. The zero-order chi connectivity index (χ0) is 7.90. The molecule has 0 aromatic heterocycles. The van der Waals surface area contributed by atoms with Crippen LogP contribution in [0.4, 0.5) is 8.78 Å². The summed E-state index contributed by atoms with van der Waals surface area (Å²) in [6.07, 6.45) is 1.80. The Morgan fingerprint density at radius 2 is 2.00 bits per heavy atom. The molecule has 1 aliphatic heterocycles. The van der Waals surface area contributed by atoms with Crippen LogP contribution < -0.4 is 5.32 Å². The molecule has 0 spiro atoms. The molecule has 1 saturated heterocycles. The lowest BCUT2D eigenvalue weighted by molar-refractivity contribution is -0.0932. The maximum absolute atomic E-state index is 13.1. The summed E-state index contributed by atoms with van der Waals surface area (Å²) in [6, 6.07) is 0. The van der Waals surface area contributed by atoms with Gasteiger partial charge in [-0.3, -0.25) is 0 Å². The van der Waals surface area contributed by atoms with Gasteiger partial charge in [0, 0.05) is 18.9 Å². The van der Waals surface area contributed by atoms with Crippen molar-refractivity contribution in [3.05, 3.63) is 0 Å². The van der Waals surface area contributed by atoms with Crippen molar-refractivity contribution in [3.8, 4) is 0 Å². The molecule has 2 rings (SSSR count). The fourth-order valence-corrected chi connectivity index (χ4v) is 2.32. The Bertz CT molecular complexity index is 163. The summed E-state index contributed by atoms with van der Waals surface area (Å²) in [4.78, 5) is 0. The zero-order valence-corrected chi connectivity index (χ0v) is 7.67. The number of alkyl halides is 2.